The largest absolute Gasteiger partial charge is 0.494 e. The highest BCUT2D eigenvalue weighted by atomic mass is 32.2. The van der Waals surface area contributed by atoms with Crippen LogP contribution in [0.3, 0.4) is 0 Å². The van der Waals surface area contributed by atoms with E-state index < -0.39 is 0 Å². The van der Waals surface area contributed by atoms with Crippen LogP contribution in [0.1, 0.15) is 54.9 Å². The number of ether oxygens (including phenoxy) is 1. The standard InChI is InChI=1S/C21H26O2S/c1-3-4-5-6-7-16-23-19-12-10-18(11-13-19)21(22)24-20-14-8-17(2)9-15-20/h8-15H,3-7,16H2,1-2H3. The molecule has 24 heavy (non-hydrogen) atoms. The van der Waals surface area contributed by atoms with E-state index in [0.717, 1.165) is 23.7 Å². The Morgan fingerprint density at radius 3 is 2.25 bits per heavy atom. The highest BCUT2D eigenvalue weighted by Gasteiger charge is 2.08. The highest BCUT2D eigenvalue weighted by molar-refractivity contribution is 8.14. The van der Waals surface area contributed by atoms with Gasteiger partial charge < -0.3 is 4.74 Å². The lowest BCUT2D eigenvalue weighted by Gasteiger charge is -2.07. The molecule has 0 atom stereocenters. The molecule has 0 aliphatic carbocycles. The molecule has 0 bridgehead atoms. The van der Waals surface area contributed by atoms with Crippen molar-refractivity contribution in [2.24, 2.45) is 0 Å². The summed E-state index contributed by atoms with van der Waals surface area (Å²) in [7, 11) is 0. The van der Waals surface area contributed by atoms with Gasteiger partial charge >= 0.3 is 0 Å². The molecule has 128 valence electrons. The van der Waals surface area contributed by atoms with Crippen LogP contribution in [0.4, 0.5) is 0 Å². The third kappa shape index (κ3) is 6.40. The van der Waals surface area contributed by atoms with E-state index in [1.807, 2.05) is 55.5 Å². The molecule has 0 saturated heterocycles. The summed E-state index contributed by atoms with van der Waals surface area (Å²) in [6.45, 7) is 5.00. The molecule has 2 aromatic rings. The van der Waals surface area contributed by atoms with Gasteiger partial charge in [0, 0.05) is 10.5 Å². The van der Waals surface area contributed by atoms with Crippen molar-refractivity contribution >= 4 is 16.9 Å². The molecule has 0 fully saturated rings. The minimum atomic E-state index is 0.0602. The second-order valence-electron chi connectivity index (χ2n) is 5.99. The fraction of sp³-hybridized carbons (Fsp3) is 0.381. The number of hydrogen-bond acceptors (Lipinski definition) is 3. The van der Waals surface area contributed by atoms with Gasteiger partial charge in [-0.1, -0.05) is 50.3 Å². The van der Waals surface area contributed by atoms with Crippen LogP contribution in [0.2, 0.25) is 0 Å². The number of benzene rings is 2. The first-order valence-corrected chi connectivity index (χ1v) is 9.52. The van der Waals surface area contributed by atoms with Gasteiger partial charge in [0.2, 0.25) is 5.12 Å². The quantitative estimate of drug-likeness (QED) is 0.396. The summed E-state index contributed by atoms with van der Waals surface area (Å²) in [6.07, 6.45) is 6.15. The summed E-state index contributed by atoms with van der Waals surface area (Å²) in [6, 6.07) is 15.5. The molecule has 0 saturated carbocycles. The number of carbonyl (C=O) groups is 1. The summed E-state index contributed by atoms with van der Waals surface area (Å²) in [5.74, 6) is 0.836. The fourth-order valence-electron chi connectivity index (χ4n) is 2.36. The van der Waals surface area contributed by atoms with E-state index >= 15 is 0 Å². The Morgan fingerprint density at radius 1 is 0.917 bits per heavy atom. The molecule has 0 radical (unpaired) electrons. The van der Waals surface area contributed by atoms with Crippen molar-refractivity contribution in [3.63, 3.8) is 0 Å². The predicted molar refractivity (Wildman–Crippen MR) is 102 cm³/mol. The van der Waals surface area contributed by atoms with Gasteiger partial charge in [-0.05, 0) is 61.5 Å². The Kier molecular flexibility index (Phi) is 7.90. The zero-order valence-electron chi connectivity index (χ0n) is 14.6. The van der Waals surface area contributed by atoms with E-state index in [-0.39, 0.29) is 5.12 Å². The van der Waals surface area contributed by atoms with Crippen molar-refractivity contribution in [1.29, 1.82) is 0 Å². The van der Waals surface area contributed by atoms with Gasteiger partial charge in [-0.15, -0.1) is 0 Å². The molecule has 2 nitrogen and oxygen atoms in total. The second kappa shape index (κ2) is 10.2. The molecular weight excluding hydrogens is 316 g/mol. The molecule has 0 amide bonds. The summed E-state index contributed by atoms with van der Waals surface area (Å²) < 4.78 is 5.73. The predicted octanol–water partition coefficient (Wildman–Crippen LogP) is 6.28. The average Bonchev–Trinajstić information content (AvgIpc) is 2.60. The van der Waals surface area contributed by atoms with Gasteiger partial charge in [-0.25, -0.2) is 0 Å². The Balaban J connectivity index is 1.78. The third-order valence-corrected chi connectivity index (χ3v) is 4.77. The zero-order chi connectivity index (χ0) is 17.2. The SMILES string of the molecule is CCCCCCCOc1ccc(C(=O)Sc2ccc(C)cc2)cc1. The summed E-state index contributed by atoms with van der Waals surface area (Å²) in [4.78, 5) is 13.3. The lowest BCUT2D eigenvalue weighted by Crippen LogP contribution is -1.98. The van der Waals surface area contributed by atoms with Gasteiger partial charge in [0.25, 0.3) is 0 Å². The molecule has 2 aromatic carbocycles. The maximum atomic E-state index is 12.3. The number of carbonyl (C=O) groups excluding carboxylic acids is 1. The van der Waals surface area contributed by atoms with Gasteiger partial charge in [-0.2, -0.15) is 0 Å². The normalized spacial score (nSPS) is 10.6. The average molecular weight is 343 g/mol. The van der Waals surface area contributed by atoms with Crippen LogP contribution in [0.5, 0.6) is 5.75 Å². The molecule has 0 heterocycles. The molecule has 0 aliphatic heterocycles. The Bertz CT molecular complexity index is 617. The number of rotatable bonds is 9. The van der Waals surface area contributed by atoms with Crippen LogP contribution in [-0.2, 0) is 0 Å². The molecule has 0 spiro atoms. The Hall–Kier alpha value is -1.74. The van der Waals surface area contributed by atoms with E-state index in [1.54, 1.807) is 0 Å². The summed E-state index contributed by atoms with van der Waals surface area (Å²) in [5.41, 5.74) is 1.90. The summed E-state index contributed by atoms with van der Waals surface area (Å²) >= 11 is 1.26. The number of aryl methyl sites for hydroxylation is 1. The lowest BCUT2D eigenvalue weighted by molar-refractivity contribution is 0.108. The molecule has 2 rings (SSSR count). The lowest BCUT2D eigenvalue weighted by atomic mass is 10.2. The van der Waals surface area contributed by atoms with E-state index in [1.165, 1.54) is 43.0 Å². The Morgan fingerprint density at radius 2 is 1.58 bits per heavy atom. The smallest absolute Gasteiger partial charge is 0.224 e. The van der Waals surface area contributed by atoms with E-state index in [2.05, 4.69) is 6.92 Å². The second-order valence-corrected chi connectivity index (χ2v) is 7.04. The monoisotopic (exact) mass is 342 g/mol. The van der Waals surface area contributed by atoms with E-state index in [4.69, 9.17) is 4.74 Å². The van der Waals surface area contributed by atoms with Crippen LogP contribution in [0, 0.1) is 6.92 Å². The molecule has 3 heteroatoms. The van der Waals surface area contributed by atoms with Crippen LogP contribution < -0.4 is 4.74 Å². The molecule has 0 aromatic heterocycles. The maximum absolute atomic E-state index is 12.3. The van der Waals surface area contributed by atoms with Crippen LogP contribution in [0.15, 0.2) is 53.4 Å². The van der Waals surface area contributed by atoms with Gasteiger partial charge in [0.1, 0.15) is 5.75 Å². The minimum Gasteiger partial charge on any atom is -0.494 e. The topological polar surface area (TPSA) is 26.3 Å². The maximum Gasteiger partial charge on any atom is 0.224 e. The van der Waals surface area contributed by atoms with Crippen LogP contribution in [-0.4, -0.2) is 11.7 Å². The highest BCUT2D eigenvalue weighted by Crippen LogP contribution is 2.24. The first-order valence-electron chi connectivity index (χ1n) is 8.71. The number of hydrogen-bond donors (Lipinski definition) is 0. The van der Waals surface area contributed by atoms with Crippen molar-refractivity contribution in [1.82, 2.24) is 0 Å². The van der Waals surface area contributed by atoms with E-state index in [9.17, 15) is 4.79 Å². The first kappa shape index (κ1) is 18.6. The molecular formula is C21H26O2S. The number of thioether (sulfide) groups is 1. The van der Waals surface area contributed by atoms with Crippen molar-refractivity contribution in [3.8, 4) is 5.75 Å². The summed E-state index contributed by atoms with van der Waals surface area (Å²) in [5, 5.41) is 0.0602. The minimum absolute atomic E-state index is 0.0602. The van der Waals surface area contributed by atoms with Gasteiger partial charge in [0.05, 0.1) is 6.61 Å². The first-order chi connectivity index (χ1) is 11.7. The molecule has 0 unspecified atom stereocenters. The van der Waals surface area contributed by atoms with Crippen molar-refractivity contribution < 1.29 is 9.53 Å². The Labute approximate surface area is 149 Å². The van der Waals surface area contributed by atoms with Crippen molar-refractivity contribution in [3.05, 3.63) is 59.7 Å². The molecule has 0 N–H and O–H groups in total. The van der Waals surface area contributed by atoms with Crippen molar-refractivity contribution in [2.75, 3.05) is 6.61 Å². The fourth-order valence-corrected chi connectivity index (χ4v) is 3.10. The van der Waals surface area contributed by atoms with Crippen LogP contribution >= 0.6 is 11.8 Å². The van der Waals surface area contributed by atoms with Crippen LogP contribution in [0.25, 0.3) is 0 Å². The zero-order valence-corrected chi connectivity index (χ0v) is 15.4. The van der Waals surface area contributed by atoms with Gasteiger partial charge in [-0.3, -0.25) is 4.79 Å². The number of unbranched alkanes of at least 4 members (excludes halogenated alkanes) is 4. The third-order valence-electron chi connectivity index (χ3n) is 3.84. The molecule has 0 aliphatic rings. The van der Waals surface area contributed by atoms with E-state index in [0.29, 0.717) is 5.56 Å². The van der Waals surface area contributed by atoms with Crippen molar-refractivity contribution in [2.45, 2.75) is 50.8 Å². The van der Waals surface area contributed by atoms with Gasteiger partial charge in [0.15, 0.2) is 0 Å².